The lowest BCUT2D eigenvalue weighted by molar-refractivity contribution is 0.102. The Morgan fingerprint density at radius 3 is 2.64 bits per heavy atom. The third-order valence-corrected chi connectivity index (χ3v) is 5.95. The summed E-state index contributed by atoms with van der Waals surface area (Å²) in [5.41, 5.74) is 2.84. The number of rotatable bonds is 6. The zero-order valence-corrected chi connectivity index (χ0v) is 16.2. The number of nitrogens with zero attached hydrogens (tertiary/aromatic N) is 1. The second-order valence-corrected chi connectivity index (χ2v) is 8.56. The van der Waals surface area contributed by atoms with Crippen molar-refractivity contribution in [3.05, 3.63) is 59.7 Å². The SMILES string of the molecule is CCSc1cccc(C(=O)Nc2ccc(CN3CCSCC3)cc2)c1. The van der Waals surface area contributed by atoms with Crippen molar-refractivity contribution in [2.24, 2.45) is 0 Å². The van der Waals surface area contributed by atoms with E-state index in [2.05, 4.69) is 29.3 Å². The van der Waals surface area contributed by atoms with Gasteiger partial charge in [0.2, 0.25) is 0 Å². The number of nitrogens with one attached hydrogen (secondary N) is 1. The third-order valence-electron chi connectivity index (χ3n) is 4.13. The van der Waals surface area contributed by atoms with E-state index in [0.29, 0.717) is 5.56 Å². The van der Waals surface area contributed by atoms with Crippen molar-refractivity contribution in [3.63, 3.8) is 0 Å². The highest BCUT2D eigenvalue weighted by atomic mass is 32.2. The van der Waals surface area contributed by atoms with Crippen LogP contribution in [0.4, 0.5) is 5.69 Å². The number of carbonyl (C=O) groups excluding carboxylic acids is 1. The summed E-state index contributed by atoms with van der Waals surface area (Å²) in [5.74, 6) is 3.40. The van der Waals surface area contributed by atoms with Gasteiger partial charge in [-0.25, -0.2) is 0 Å². The first-order valence-electron chi connectivity index (χ1n) is 8.68. The predicted molar refractivity (Wildman–Crippen MR) is 110 cm³/mol. The monoisotopic (exact) mass is 372 g/mol. The molecule has 1 fully saturated rings. The van der Waals surface area contributed by atoms with Gasteiger partial charge < -0.3 is 5.32 Å². The van der Waals surface area contributed by atoms with Crippen LogP contribution in [0.15, 0.2) is 53.4 Å². The molecular formula is C20H24N2OS2. The minimum absolute atomic E-state index is 0.0561. The molecule has 2 aromatic carbocycles. The topological polar surface area (TPSA) is 32.3 Å². The van der Waals surface area contributed by atoms with E-state index in [1.807, 2.05) is 48.2 Å². The zero-order valence-electron chi connectivity index (χ0n) is 14.5. The summed E-state index contributed by atoms with van der Waals surface area (Å²) in [4.78, 5) is 16.1. The van der Waals surface area contributed by atoms with Crippen molar-refractivity contribution < 1.29 is 4.79 Å². The van der Waals surface area contributed by atoms with E-state index < -0.39 is 0 Å². The van der Waals surface area contributed by atoms with Gasteiger partial charge in [0.25, 0.3) is 5.91 Å². The molecule has 0 aromatic heterocycles. The highest BCUT2D eigenvalue weighted by Gasteiger charge is 2.11. The van der Waals surface area contributed by atoms with E-state index in [0.717, 1.165) is 36.0 Å². The van der Waals surface area contributed by atoms with Gasteiger partial charge in [-0.3, -0.25) is 9.69 Å². The highest BCUT2D eigenvalue weighted by Crippen LogP contribution is 2.20. The molecule has 1 aliphatic heterocycles. The second kappa shape index (κ2) is 9.32. The van der Waals surface area contributed by atoms with Crippen LogP contribution in [0.25, 0.3) is 0 Å². The molecule has 0 spiro atoms. The van der Waals surface area contributed by atoms with Crippen LogP contribution in [0.3, 0.4) is 0 Å². The van der Waals surface area contributed by atoms with E-state index in [-0.39, 0.29) is 5.91 Å². The van der Waals surface area contributed by atoms with Crippen LogP contribution >= 0.6 is 23.5 Å². The largest absolute Gasteiger partial charge is 0.322 e. The van der Waals surface area contributed by atoms with Crippen molar-refractivity contribution in [1.29, 1.82) is 0 Å². The Labute approximate surface area is 158 Å². The molecule has 3 nitrogen and oxygen atoms in total. The number of hydrogen-bond donors (Lipinski definition) is 1. The van der Waals surface area contributed by atoms with Gasteiger partial charge in [-0.2, -0.15) is 11.8 Å². The Hall–Kier alpha value is -1.43. The van der Waals surface area contributed by atoms with E-state index in [4.69, 9.17) is 0 Å². The summed E-state index contributed by atoms with van der Waals surface area (Å²) in [5, 5.41) is 2.99. The molecule has 0 radical (unpaired) electrons. The lowest BCUT2D eigenvalue weighted by atomic mass is 10.1. The van der Waals surface area contributed by atoms with Gasteiger partial charge in [-0.05, 0) is 41.6 Å². The van der Waals surface area contributed by atoms with Gasteiger partial charge >= 0.3 is 0 Å². The molecule has 0 aliphatic carbocycles. The molecule has 25 heavy (non-hydrogen) atoms. The maximum absolute atomic E-state index is 12.4. The normalized spacial score (nSPS) is 15.1. The average molecular weight is 373 g/mol. The molecule has 132 valence electrons. The van der Waals surface area contributed by atoms with Crippen molar-refractivity contribution in [2.75, 3.05) is 35.7 Å². The minimum atomic E-state index is -0.0561. The molecule has 1 aliphatic rings. The lowest BCUT2D eigenvalue weighted by Crippen LogP contribution is -2.31. The molecule has 3 rings (SSSR count). The molecular weight excluding hydrogens is 348 g/mol. The Bertz CT molecular complexity index is 697. The minimum Gasteiger partial charge on any atom is -0.322 e. The summed E-state index contributed by atoms with van der Waals surface area (Å²) in [7, 11) is 0. The number of carbonyl (C=O) groups is 1. The molecule has 0 bridgehead atoms. The molecule has 0 saturated carbocycles. The van der Waals surface area contributed by atoms with E-state index in [9.17, 15) is 4.79 Å². The first-order valence-corrected chi connectivity index (χ1v) is 10.8. The van der Waals surface area contributed by atoms with Gasteiger partial charge in [0.1, 0.15) is 0 Å². The van der Waals surface area contributed by atoms with Gasteiger partial charge in [-0.15, -0.1) is 11.8 Å². The van der Waals surface area contributed by atoms with Crippen LogP contribution in [0, 0.1) is 0 Å². The quantitative estimate of drug-likeness (QED) is 0.751. The Kier molecular flexibility index (Phi) is 6.84. The average Bonchev–Trinajstić information content (AvgIpc) is 2.65. The van der Waals surface area contributed by atoms with Gasteiger partial charge in [0, 0.05) is 47.3 Å². The molecule has 1 N–H and O–H groups in total. The number of thioether (sulfide) groups is 2. The molecule has 0 atom stereocenters. The van der Waals surface area contributed by atoms with Crippen LogP contribution < -0.4 is 5.32 Å². The fourth-order valence-electron chi connectivity index (χ4n) is 2.81. The maximum Gasteiger partial charge on any atom is 0.255 e. The van der Waals surface area contributed by atoms with Gasteiger partial charge in [0.05, 0.1) is 0 Å². The van der Waals surface area contributed by atoms with Crippen molar-refractivity contribution in [1.82, 2.24) is 4.90 Å². The first-order chi connectivity index (χ1) is 12.2. The second-order valence-electron chi connectivity index (χ2n) is 6.00. The van der Waals surface area contributed by atoms with Crippen molar-refractivity contribution in [2.45, 2.75) is 18.4 Å². The number of anilines is 1. The molecule has 5 heteroatoms. The summed E-state index contributed by atoms with van der Waals surface area (Å²) >= 11 is 3.78. The van der Waals surface area contributed by atoms with Crippen molar-refractivity contribution >= 4 is 35.1 Å². The fourth-order valence-corrected chi connectivity index (χ4v) is 4.51. The molecule has 2 aromatic rings. The maximum atomic E-state index is 12.4. The van der Waals surface area contributed by atoms with Crippen LogP contribution in [0.2, 0.25) is 0 Å². The van der Waals surface area contributed by atoms with Gasteiger partial charge in [-0.1, -0.05) is 25.1 Å². The summed E-state index contributed by atoms with van der Waals surface area (Å²) in [6.07, 6.45) is 0. The van der Waals surface area contributed by atoms with E-state index in [1.165, 1.54) is 17.1 Å². The highest BCUT2D eigenvalue weighted by molar-refractivity contribution is 7.99. The fraction of sp³-hybridized carbons (Fsp3) is 0.350. The van der Waals surface area contributed by atoms with Gasteiger partial charge in [0.15, 0.2) is 0 Å². The Balaban J connectivity index is 1.58. The van der Waals surface area contributed by atoms with Crippen LogP contribution in [0.5, 0.6) is 0 Å². The summed E-state index contributed by atoms with van der Waals surface area (Å²) < 4.78 is 0. The zero-order chi connectivity index (χ0) is 17.5. The third kappa shape index (κ3) is 5.53. The molecule has 1 heterocycles. The van der Waals surface area contributed by atoms with Crippen molar-refractivity contribution in [3.8, 4) is 0 Å². The number of hydrogen-bond acceptors (Lipinski definition) is 4. The van der Waals surface area contributed by atoms with E-state index in [1.54, 1.807) is 11.8 Å². The summed E-state index contributed by atoms with van der Waals surface area (Å²) in [6.45, 7) is 5.43. The summed E-state index contributed by atoms with van der Waals surface area (Å²) in [6, 6.07) is 16.0. The molecule has 1 saturated heterocycles. The molecule has 1 amide bonds. The van der Waals surface area contributed by atoms with Crippen LogP contribution in [0.1, 0.15) is 22.8 Å². The molecule has 0 unspecified atom stereocenters. The Morgan fingerprint density at radius 1 is 1.16 bits per heavy atom. The van der Waals surface area contributed by atoms with E-state index >= 15 is 0 Å². The smallest absolute Gasteiger partial charge is 0.255 e. The first kappa shape index (κ1) is 18.4. The number of amides is 1. The van der Waals surface area contributed by atoms with Crippen LogP contribution in [-0.2, 0) is 6.54 Å². The standard InChI is InChI=1S/C20H24N2OS2/c1-2-25-19-5-3-4-17(14-19)20(23)21-18-8-6-16(7-9-18)15-22-10-12-24-13-11-22/h3-9,14H,2,10-13,15H2,1H3,(H,21,23). The number of benzene rings is 2. The Morgan fingerprint density at radius 2 is 1.92 bits per heavy atom. The lowest BCUT2D eigenvalue weighted by Gasteiger charge is -2.26. The van der Waals surface area contributed by atoms with Crippen LogP contribution in [-0.4, -0.2) is 41.2 Å². The predicted octanol–water partition coefficient (Wildman–Crippen LogP) is 4.60.